The summed E-state index contributed by atoms with van der Waals surface area (Å²) in [5.41, 5.74) is 1.81. The summed E-state index contributed by atoms with van der Waals surface area (Å²) in [7, 11) is 0. The number of amides is 1. The Balaban J connectivity index is 1.44. The van der Waals surface area contributed by atoms with Crippen molar-refractivity contribution in [3.63, 3.8) is 0 Å². The van der Waals surface area contributed by atoms with E-state index < -0.39 is 0 Å². The molecular formula is C18H20FN3OS. The van der Waals surface area contributed by atoms with Gasteiger partial charge in [0.1, 0.15) is 5.82 Å². The van der Waals surface area contributed by atoms with Gasteiger partial charge in [0.2, 0.25) is 5.91 Å². The van der Waals surface area contributed by atoms with Crippen LogP contribution in [0.3, 0.4) is 0 Å². The molecule has 6 heteroatoms. The Morgan fingerprint density at radius 3 is 2.67 bits per heavy atom. The van der Waals surface area contributed by atoms with Gasteiger partial charge in [0.05, 0.1) is 5.69 Å². The van der Waals surface area contributed by atoms with Crippen molar-refractivity contribution in [3.05, 3.63) is 35.5 Å². The zero-order valence-electron chi connectivity index (χ0n) is 13.4. The number of carbonyl (C=O) groups is 1. The zero-order valence-corrected chi connectivity index (χ0v) is 14.3. The molecule has 1 aromatic carbocycles. The molecule has 2 aliphatic rings. The standard InChI is InChI=1S/C18H20FN3OS/c19-15-6-4-13(5-7-15)16-12-24-18(20-16)22-9-1-8-21(10-11-22)17(23)14-2-3-14/h4-7,12,14H,1-3,8-11H2. The number of rotatable bonds is 3. The van der Waals surface area contributed by atoms with Crippen molar-refractivity contribution in [1.82, 2.24) is 9.88 Å². The van der Waals surface area contributed by atoms with Gasteiger partial charge >= 0.3 is 0 Å². The summed E-state index contributed by atoms with van der Waals surface area (Å²) in [5, 5.41) is 3.00. The topological polar surface area (TPSA) is 36.4 Å². The Morgan fingerprint density at radius 1 is 1.12 bits per heavy atom. The maximum atomic E-state index is 13.0. The predicted molar refractivity (Wildman–Crippen MR) is 93.6 cm³/mol. The van der Waals surface area contributed by atoms with Crippen LogP contribution in [0.5, 0.6) is 0 Å². The quantitative estimate of drug-likeness (QED) is 0.855. The van der Waals surface area contributed by atoms with Crippen LogP contribution >= 0.6 is 11.3 Å². The molecule has 24 heavy (non-hydrogen) atoms. The predicted octanol–water partition coefficient (Wildman–Crippen LogP) is 3.40. The van der Waals surface area contributed by atoms with Crippen LogP contribution in [0.4, 0.5) is 9.52 Å². The van der Waals surface area contributed by atoms with Gasteiger partial charge in [-0.05, 0) is 43.5 Å². The third kappa shape index (κ3) is 3.29. The SMILES string of the molecule is O=C(C1CC1)N1CCCN(c2nc(-c3ccc(F)cc3)cs2)CC1. The Morgan fingerprint density at radius 2 is 1.92 bits per heavy atom. The highest BCUT2D eigenvalue weighted by Crippen LogP contribution is 2.32. The summed E-state index contributed by atoms with van der Waals surface area (Å²) in [4.78, 5) is 21.2. The van der Waals surface area contributed by atoms with Crippen molar-refractivity contribution in [2.24, 2.45) is 5.92 Å². The molecule has 1 saturated heterocycles. The number of carbonyl (C=O) groups excluding carboxylic acids is 1. The van der Waals surface area contributed by atoms with Crippen LogP contribution in [-0.2, 0) is 4.79 Å². The number of thiazole rings is 1. The summed E-state index contributed by atoms with van der Waals surface area (Å²) in [6.45, 7) is 3.38. The molecule has 0 bridgehead atoms. The lowest BCUT2D eigenvalue weighted by molar-refractivity contribution is -0.132. The molecule has 0 atom stereocenters. The summed E-state index contributed by atoms with van der Waals surface area (Å²) in [6.07, 6.45) is 3.10. The van der Waals surface area contributed by atoms with E-state index in [9.17, 15) is 9.18 Å². The molecule has 1 aromatic heterocycles. The molecule has 2 fully saturated rings. The minimum Gasteiger partial charge on any atom is -0.346 e. The zero-order chi connectivity index (χ0) is 16.5. The third-order valence-corrected chi connectivity index (χ3v) is 5.54. The van der Waals surface area contributed by atoms with Gasteiger partial charge in [0.25, 0.3) is 0 Å². The van der Waals surface area contributed by atoms with Crippen molar-refractivity contribution < 1.29 is 9.18 Å². The van der Waals surface area contributed by atoms with Gasteiger partial charge in [-0.3, -0.25) is 4.79 Å². The first-order valence-corrected chi connectivity index (χ1v) is 9.34. The van der Waals surface area contributed by atoms with E-state index in [1.54, 1.807) is 23.5 Å². The molecular weight excluding hydrogens is 325 g/mol. The second-order valence-electron chi connectivity index (χ2n) is 6.46. The molecule has 126 valence electrons. The van der Waals surface area contributed by atoms with E-state index >= 15 is 0 Å². The first-order valence-electron chi connectivity index (χ1n) is 8.46. The summed E-state index contributed by atoms with van der Waals surface area (Å²) >= 11 is 1.61. The lowest BCUT2D eigenvalue weighted by Crippen LogP contribution is -2.36. The van der Waals surface area contributed by atoms with Gasteiger partial charge in [0.15, 0.2) is 5.13 Å². The highest BCUT2D eigenvalue weighted by Gasteiger charge is 2.34. The van der Waals surface area contributed by atoms with Gasteiger partial charge in [-0.1, -0.05) is 0 Å². The largest absolute Gasteiger partial charge is 0.346 e. The highest BCUT2D eigenvalue weighted by molar-refractivity contribution is 7.14. The fourth-order valence-electron chi connectivity index (χ4n) is 3.08. The van der Waals surface area contributed by atoms with Gasteiger partial charge < -0.3 is 9.80 Å². The van der Waals surface area contributed by atoms with E-state index in [2.05, 4.69) is 4.90 Å². The van der Waals surface area contributed by atoms with E-state index in [1.165, 1.54) is 12.1 Å². The molecule has 1 aliphatic heterocycles. The van der Waals surface area contributed by atoms with Gasteiger partial charge in [-0.25, -0.2) is 9.37 Å². The summed E-state index contributed by atoms with van der Waals surface area (Å²) in [6, 6.07) is 6.43. The molecule has 4 rings (SSSR count). The van der Waals surface area contributed by atoms with Crippen molar-refractivity contribution in [2.45, 2.75) is 19.3 Å². The molecule has 0 radical (unpaired) electrons. The van der Waals surface area contributed by atoms with Crippen LogP contribution in [0, 0.1) is 11.7 Å². The monoisotopic (exact) mass is 345 g/mol. The second kappa shape index (κ2) is 6.51. The van der Waals surface area contributed by atoms with Crippen molar-refractivity contribution in [3.8, 4) is 11.3 Å². The number of anilines is 1. The third-order valence-electron chi connectivity index (χ3n) is 4.64. The number of halogens is 1. The normalized spacial score (nSPS) is 18.5. The highest BCUT2D eigenvalue weighted by atomic mass is 32.1. The average Bonchev–Trinajstić information content (AvgIpc) is 3.38. The maximum Gasteiger partial charge on any atom is 0.225 e. The molecule has 4 nitrogen and oxygen atoms in total. The fourth-order valence-corrected chi connectivity index (χ4v) is 3.97. The Bertz CT molecular complexity index is 726. The number of benzene rings is 1. The van der Waals surface area contributed by atoms with E-state index in [4.69, 9.17) is 4.98 Å². The lowest BCUT2D eigenvalue weighted by atomic mass is 10.2. The molecule has 0 spiro atoms. The van der Waals surface area contributed by atoms with E-state index in [0.29, 0.717) is 11.8 Å². The van der Waals surface area contributed by atoms with Crippen LogP contribution in [0.1, 0.15) is 19.3 Å². The molecule has 2 heterocycles. The summed E-state index contributed by atoms with van der Waals surface area (Å²) < 4.78 is 13.0. The Hall–Kier alpha value is -1.95. The number of hydrogen-bond donors (Lipinski definition) is 0. The first-order chi connectivity index (χ1) is 11.7. The Labute approximate surface area is 144 Å². The van der Waals surface area contributed by atoms with Crippen molar-refractivity contribution in [1.29, 1.82) is 0 Å². The Kier molecular flexibility index (Phi) is 4.22. The van der Waals surface area contributed by atoms with Gasteiger partial charge in [-0.2, -0.15) is 0 Å². The number of hydrogen-bond acceptors (Lipinski definition) is 4. The van der Waals surface area contributed by atoms with Crippen LogP contribution in [0.25, 0.3) is 11.3 Å². The molecule has 1 aliphatic carbocycles. The van der Waals surface area contributed by atoms with E-state index in [1.807, 2.05) is 10.3 Å². The molecule has 1 amide bonds. The first kappa shape index (κ1) is 15.6. The van der Waals surface area contributed by atoms with Crippen molar-refractivity contribution in [2.75, 3.05) is 31.1 Å². The van der Waals surface area contributed by atoms with Crippen LogP contribution in [0.2, 0.25) is 0 Å². The fraction of sp³-hybridized carbons (Fsp3) is 0.444. The maximum absolute atomic E-state index is 13.0. The van der Waals surface area contributed by atoms with Gasteiger partial charge in [0, 0.05) is 43.0 Å². The van der Waals surface area contributed by atoms with E-state index in [0.717, 1.165) is 61.8 Å². The average molecular weight is 345 g/mol. The number of aromatic nitrogens is 1. The lowest BCUT2D eigenvalue weighted by Gasteiger charge is -2.21. The minimum absolute atomic E-state index is 0.234. The van der Waals surface area contributed by atoms with E-state index in [-0.39, 0.29) is 5.82 Å². The second-order valence-corrected chi connectivity index (χ2v) is 7.30. The molecule has 1 saturated carbocycles. The van der Waals surface area contributed by atoms with Crippen LogP contribution in [-0.4, -0.2) is 42.0 Å². The number of nitrogens with zero attached hydrogens (tertiary/aromatic N) is 3. The van der Waals surface area contributed by atoms with Crippen LogP contribution in [0.15, 0.2) is 29.6 Å². The van der Waals surface area contributed by atoms with Gasteiger partial charge in [-0.15, -0.1) is 11.3 Å². The van der Waals surface area contributed by atoms with Crippen molar-refractivity contribution >= 4 is 22.4 Å². The molecule has 0 N–H and O–H groups in total. The molecule has 0 unspecified atom stereocenters. The summed E-state index contributed by atoms with van der Waals surface area (Å²) in [5.74, 6) is 0.395. The smallest absolute Gasteiger partial charge is 0.225 e. The minimum atomic E-state index is -0.234. The van der Waals surface area contributed by atoms with Crippen LogP contribution < -0.4 is 4.90 Å². The molecule has 2 aromatic rings.